The topological polar surface area (TPSA) is 58.6 Å². The van der Waals surface area contributed by atoms with Crippen LogP contribution < -0.4 is 10.1 Å². The number of benzene rings is 1. The van der Waals surface area contributed by atoms with E-state index in [0.717, 1.165) is 31.6 Å². The summed E-state index contributed by atoms with van der Waals surface area (Å²) in [7, 11) is 0. The van der Waals surface area contributed by atoms with E-state index in [9.17, 15) is 4.79 Å². The lowest BCUT2D eigenvalue weighted by molar-refractivity contribution is -0.137. The number of hydrogen-bond acceptors (Lipinski definition) is 3. The average molecular weight is 275 g/mol. The third kappa shape index (κ3) is 3.12. The zero-order valence-corrected chi connectivity index (χ0v) is 11.8. The maximum absolute atomic E-state index is 10.9. The van der Waals surface area contributed by atoms with Gasteiger partial charge in [-0.05, 0) is 42.9 Å². The second-order valence-corrected chi connectivity index (χ2v) is 6.00. The molecule has 0 bridgehead atoms. The van der Waals surface area contributed by atoms with Crippen LogP contribution in [0.15, 0.2) is 18.2 Å². The predicted octanol–water partition coefficient (Wildman–Crippen LogP) is 2.35. The van der Waals surface area contributed by atoms with Crippen molar-refractivity contribution in [1.82, 2.24) is 5.32 Å². The summed E-state index contributed by atoms with van der Waals surface area (Å²) in [4.78, 5) is 10.9. The summed E-state index contributed by atoms with van der Waals surface area (Å²) in [6, 6.07) is 6.38. The highest BCUT2D eigenvalue weighted by Crippen LogP contribution is 2.34. The molecular weight excluding hydrogens is 254 g/mol. The Kier molecular flexibility index (Phi) is 3.66. The zero-order chi connectivity index (χ0) is 14.1. The van der Waals surface area contributed by atoms with Crippen molar-refractivity contribution in [2.75, 3.05) is 0 Å². The van der Waals surface area contributed by atoms with Crippen molar-refractivity contribution in [1.29, 1.82) is 0 Å². The van der Waals surface area contributed by atoms with Gasteiger partial charge in [-0.2, -0.15) is 0 Å². The minimum Gasteiger partial charge on any atom is -0.490 e. The Morgan fingerprint density at radius 1 is 1.50 bits per heavy atom. The van der Waals surface area contributed by atoms with Gasteiger partial charge in [0.25, 0.3) is 0 Å². The number of fused-ring (bicyclic) bond motifs is 1. The van der Waals surface area contributed by atoms with Crippen molar-refractivity contribution in [2.24, 2.45) is 5.92 Å². The summed E-state index contributed by atoms with van der Waals surface area (Å²) in [5.41, 5.74) is 2.47. The number of carbonyl (C=O) groups is 1. The Hall–Kier alpha value is -1.55. The third-order valence-corrected chi connectivity index (χ3v) is 4.11. The SMILES string of the molecule is CC1Cc2cc(CN[C@@H](CC(=O)O)C3CC3)ccc2O1. The van der Waals surface area contributed by atoms with Crippen molar-refractivity contribution >= 4 is 5.97 Å². The van der Waals surface area contributed by atoms with Crippen LogP contribution in [0.3, 0.4) is 0 Å². The molecule has 1 unspecified atom stereocenters. The van der Waals surface area contributed by atoms with Crippen molar-refractivity contribution < 1.29 is 14.6 Å². The molecule has 1 aliphatic heterocycles. The number of rotatable bonds is 6. The Balaban J connectivity index is 1.60. The summed E-state index contributed by atoms with van der Waals surface area (Å²) in [6.45, 7) is 2.81. The van der Waals surface area contributed by atoms with Crippen LogP contribution in [0.5, 0.6) is 5.75 Å². The number of carboxylic acids is 1. The summed E-state index contributed by atoms with van der Waals surface area (Å²) in [5.74, 6) is 0.819. The smallest absolute Gasteiger partial charge is 0.304 e. The molecule has 1 aromatic carbocycles. The quantitative estimate of drug-likeness (QED) is 0.836. The van der Waals surface area contributed by atoms with Crippen LogP contribution in [-0.2, 0) is 17.8 Å². The summed E-state index contributed by atoms with van der Waals surface area (Å²) in [6.07, 6.45) is 3.75. The molecule has 4 nitrogen and oxygen atoms in total. The first-order valence-corrected chi connectivity index (χ1v) is 7.35. The van der Waals surface area contributed by atoms with E-state index in [1.165, 1.54) is 11.1 Å². The zero-order valence-electron chi connectivity index (χ0n) is 11.8. The predicted molar refractivity (Wildman–Crippen MR) is 75.8 cm³/mol. The Labute approximate surface area is 119 Å². The lowest BCUT2D eigenvalue weighted by Gasteiger charge is -2.16. The van der Waals surface area contributed by atoms with Gasteiger partial charge in [-0.25, -0.2) is 0 Å². The first-order chi connectivity index (χ1) is 9.61. The number of aliphatic carboxylic acids is 1. The molecule has 0 aromatic heterocycles. The average Bonchev–Trinajstić information content (AvgIpc) is 3.15. The third-order valence-electron chi connectivity index (χ3n) is 4.11. The maximum atomic E-state index is 10.9. The van der Waals surface area contributed by atoms with Gasteiger partial charge in [-0.15, -0.1) is 0 Å². The van der Waals surface area contributed by atoms with Crippen LogP contribution in [0.25, 0.3) is 0 Å². The van der Waals surface area contributed by atoms with E-state index in [2.05, 4.69) is 24.4 Å². The lowest BCUT2D eigenvalue weighted by Crippen LogP contribution is -2.32. The van der Waals surface area contributed by atoms with Crippen LogP contribution in [-0.4, -0.2) is 23.2 Å². The highest BCUT2D eigenvalue weighted by atomic mass is 16.5. The van der Waals surface area contributed by atoms with Gasteiger partial charge in [0.2, 0.25) is 0 Å². The molecule has 0 spiro atoms. The monoisotopic (exact) mass is 275 g/mol. The Morgan fingerprint density at radius 2 is 2.30 bits per heavy atom. The Bertz CT molecular complexity index is 510. The molecule has 3 rings (SSSR count). The van der Waals surface area contributed by atoms with E-state index < -0.39 is 5.97 Å². The molecule has 20 heavy (non-hydrogen) atoms. The van der Waals surface area contributed by atoms with Crippen molar-refractivity contribution in [3.63, 3.8) is 0 Å². The van der Waals surface area contributed by atoms with Gasteiger partial charge >= 0.3 is 5.97 Å². The van der Waals surface area contributed by atoms with Gasteiger partial charge < -0.3 is 15.2 Å². The van der Waals surface area contributed by atoms with Gasteiger partial charge in [0, 0.05) is 19.0 Å². The molecule has 2 atom stereocenters. The van der Waals surface area contributed by atoms with Crippen molar-refractivity contribution in [3.8, 4) is 5.75 Å². The second-order valence-electron chi connectivity index (χ2n) is 6.00. The highest BCUT2D eigenvalue weighted by Gasteiger charge is 2.32. The van der Waals surface area contributed by atoms with Gasteiger partial charge in [0.15, 0.2) is 0 Å². The van der Waals surface area contributed by atoms with E-state index in [0.29, 0.717) is 5.92 Å². The molecule has 4 heteroatoms. The molecule has 2 aliphatic rings. The summed E-state index contributed by atoms with van der Waals surface area (Å²) < 4.78 is 5.69. The fourth-order valence-corrected chi connectivity index (χ4v) is 2.93. The normalized spacial score (nSPS) is 22.1. The van der Waals surface area contributed by atoms with Crippen LogP contribution in [0.4, 0.5) is 0 Å². The van der Waals surface area contributed by atoms with E-state index in [-0.39, 0.29) is 18.6 Å². The van der Waals surface area contributed by atoms with Gasteiger partial charge in [-0.1, -0.05) is 12.1 Å². The van der Waals surface area contributed by atoms with Gasteiger partial charge in [-0.3, -0.25) is 4.79 Å². The van der Waals surface area contributed by atoms with Crippen LogP contribution >= 0.6 is 0 Å². The van der Waals surface area contributed by atoms with Crippen molar-refractivity contribution in [2.45, 2.75) is 51.3 Å². The van der Waals surface area contributed by atoms with Crippen LogP contribution in [0, 0.1) is 5.92 Å². The standard InChI is InChI=1S/C16H21NO3/c1-10-6-13-7-11(2-5-15(13)20-10)9-17-14(8-16(18)19)12-3-4-12/h2,5,7,10,12,14,17H,3-4,6,8-9H2,1H3,(H,18,19)/t10?,14-/m0/s1. The minimum absolute atomic E-state index is 0.107. The van der Waals surface area contributed by atoms with E-state index >= 15 is 0 Å². The molecule has 1 fully saturated rings. The molecule has 108 valence electrons. The second kappa shape index (κ2) is 5.44. The van der Waals surface area contributed by atoms with E-state index in [4.69, 9.17) is 9.84 Å². The number of nitrogens with one attached hydrogen (secondary N) is 1. The largest absolute Gasteiger partial charge is 0.490 e. The van der Waals surface area contributed by atoms with Gasteiger partial charge in [0.05, 0.1) is 6.42 Å². The minimum atomic E-state index is -0.717. The molecule has 1 saturated carbocycles. The molecule has 2 N–H and O–H groups in total. The molecule has 0 saturated heterocycles. The fourth-order valence-electron chi connectivity index (χ4n) is 2.93. The van der Waals surface area contributed by atoms with Crippen LogP contribution in [0.2, 0.25) is 0 Å². The number of hydrogen-bond donors (Lipinski definition) is 2. The molecule has 0 amide bonds. The highest BCUT2D eigenvalue weighted by molar-refractivity contribution is 5.67. The lowest BCUT2D eigenvalue weighted by atomic mass is 10.1. The fraction of sp³-hybridized carbons (Fsp3) is 0.562. The first kappa shape index (κ1) is 13.4. The first-order valence-electron chi connectivity index (χ1n) is 7.35. The van der Waals surface area contributed by atoms with Crippen LogP contribution in [0.1, 0.15) is 37.3 Å². The number of ether oxygens (including phenoxy) is 1. The van der Waals surface area contributed by atoms with E-state index in [1.807, 2.05) is 6.07 Å². The maximum Gasteiger partial charge on any atom is 0.304 e. The van der Waals surface area contributed by atoms with E-state index in [1.54, 1.807) is 0 Å². The summed E-state index contributed by atoms with van der Waals surface area (Å²) >= 11 is 0. The van der Waals surface area contributed by atoms with Gasteiger partial charge in [0.1, 0.15) is 11.9 Å². The molecular formula is C16H21NO3. The molecule has 1 aromatic rings. The summed E-state index contributed by atoms with van der Waals surface area (Å²) in [5, 5.41) is 12.4. The van der Waals surface area contributed by atoms with Crippen molar-refractivity contribution in [3.05, 3.63) is 29.3 Å². The Morgan fingerprint density at radius 3 is 3.00 bits per heavy atom. The molecule has 1 aliphatic carbocycles. The molecule has 1 heterocycles. The molecule has 0 radical (unpaired) electrons. The number of carboxylic acid groups (broad SMARTS) is 1.